The Bertz CT molecular complexity index is 1280. The van der Waals surface area contributed by atoms with Gasteiger partial charge in [-0.15, -0.1) is 0 Å². The van der Waals surface area contributed by atoms with Crippen molar-refractivity contribution in [2.75, 3.05) is 12.4 Å². The molecule has 0 aliphatic rings. The summed E-state index contributed by atoms with van der Waals surface area (Å²) in [6.45, 7) is 1.63. The maximum atomic E-state index is 12.5. The third-order valence-electron chi connectivity index (χ3n) is 4.41. The Morgan fingerprint density at radius 3 is 2.38 bits per heavy atom. The Hall–Kier alpha value is -3.07. The third kappa shape index (κ3) is 5.79. The number of nitrogens with one attached hydrogen (secondary N) is 2. The van der Waals surface area contributed by atoms with Crippen LogP contribution in [0.15, 0.2) is 76.7 Å². The van der Waals surface area contributed by atoms with Gasteiger partial charge in [-0.05, 0) is 67.1 Å². The minimum atomic E-state index is -4.02. The first-order valence-corrected chi connectivity index (χ1v) is 11.5. The number of halogens is 2. The fourth-order valence-corrected chi connectivity index (χ4v) is 4.31. The third-order valence-corrected chi connectivity index (χ3v) is 6.33. The molecule has 0 aliphatic carbocycles. The summed E-state index contributed by atoms with van der Waals surface area (Å²) in [4.78, 5) is 14.5. The lowest BCUT2D eigenvalue weighted by Crippen LogP contribution is -2.20. The van der Waals surface area contributed by atoms with E-state index in [2.05, 4.69) is 15.2 Å². The molecule has 3 aromatic rings. The molecule has 0 unspecified atom stereocenters. The molecule has 32 heavy (non-hydrogen) atoms. The van der Waals surface area contributed by atoms with E-state index in [1.165, 1.54) is 18.2 Å². The van der Waals surface area contributed by atoms with Crippen LogP contribution in [0.5, 0.6) is 5.75 Å². The number of anilines is 1. The van der Waals surface area contributed by atoms with Crippen molar-refractivity contribution in [3.05, 3.63) is 87.9 Å². The van der Waals surface area contributed by atoms with Crippen molar-refractivity contribution >= 4 is 50.5 Å². The summed E-state index contributed by atoms with van der Waals surface area (Å²) in [6.07, 6.45) is 0. The van der Waals surface area contributed by atoms with E-state index in [-0.39, 0.29) is 20.8 Å². The molecular formula is C22H19Cl2N3O4S. The molecule has 0 saturated heterocycles. The molecule has 0 spiro atoms. The van der Waals surface area contributed by atoms with Gasteiger partial charge >= 0.3 is 0 Å². The van der Waals surface area contributed by atoms with Gasteiger partial charge in [0.2, 0.25) is 0 Å². The van der Waals surface area contributed by atoms with Crippen LogP contribution in [-0.4, -0.2) is 27.1 Å². The van der Waals surface area contributed by atoms with Crippen LogP contribution in [-0.2, 0) is 10.0 Å². The van der Waals surface area contributed by atoms with E-state index < -0.39 is 10.0 Å². The second kappa shape index (κ2) is 10.0. The smallest absolute Gasteiger partial charge is 0.278 e. The molecule has 3 rings (SSSR count). The monoisotopic (exact) mass is 491 g/mol. The average molecular weight is 492 g/mol. The van der Waals surface area contributed by atoms with E-state index >= 15 is 0 Å². The first-order chi connectivity index (χ1) is 15.2. The van der Waals surface area contributed by atoms with Gasteiger partial charge in [0, 0.05) is 16.3 Å². The normalized spacial score (nSPS) is 11.7. The van der Waals surface area contributed by atoms with Crippen LogP contribution in [0.2, 0.25) is 10.0 Å². The standard InChI is InChI=1S/C22H19Cl2N3O4S/c1-14(26-27-32(29,30)21-13-17(23)8-11-20(21)24)16-4-3-5-18(12-16)25-22(28)15-6-9-19(31-2)10-7-15/h3-13,27H,1-2H3,(H,25,28)/b26-14+. The van der Waals surface area contributed by atoms with Crippen LogP contribution in [0.4, 0.5) is 5.69 Å². The zero-order valence-electron chi connectivity index (χ0n) is 17.1. The maximum Gasteiger partial charge on any atom is 0.278 e. The Kier molecular flexibility index (Phi) is 7.40. The number of rotatable bonds is 7. The van der Waals surface area contributed by atoms with Gasteiger partial charge in [-0.2, -0.15) is 18.4 Å². The number of carbonyl (C=O) groups excluding carboxylic acids is 1. The van der Waals surface area contributed by atoms with Crippen LogP contribution in [0, 0.1) is 0 Å². The number of hydrogen-bond donors (Lipinski definition) is 2. The van der Waals surface area contributed by atoms with Crippen LogP contribution in [0.25, 0.3) is 0 Å². The highest BCUT2D eigenvalue weighted by molar-refractivity contribution is 7.89. The van der Waals surface area contributed by atoms with Gasteiger partial charge in [0.1, 0.15) is 10.6 Å². The van der Waals surface area contributed by atoms with E-state index in [0.717, 1.165) is 0 Å². The molecule has 166 valence electrons. The number of methoxy groups -OCH3 is 1. The Morgan fingerprint density at radius 2 is 1.69 bits per heavy atom. The van der Waals surface area contributed by atoms with E-state index in [1.54, 1.807) is 62.6 Å². The number of nitrogens with zero attached hydrogens (tertiary/aromatic N) is 1. The molecule has 1 amide bonds. The van der Waals surface area contributed by atoms with Crippen LogP contribution in [0.1, 0.15) is 22.8 Å². The predicted molar refractivity (Wildman–Crippen MR) is 126 cm³/mol. The fraction of sp³-hybridized carbons (Fsp3) is 0.0909. The highest BCUT2D eigenvalue weighted by atomic mass is 35.5. The van der Waals surface area contributed by atoms with Crippen molar-refractivity contribution in [1.29, 1.82) is 0 Å². The van der Waals surface area contributed by atoms with E-state index in [1.807, 2.05) is 0 Å². The number of ether oxygens (including phenoxy) is 1. The summed E-state index contributed by atoms with van der Waals surface area (Å²) in [7, 11) is -2.47. The van der Waals surface area contributed by atoms with Gasteiger partial charge in [0.25, 0.3) is 15.9 Å². The van der Waals surface area contributed by atoms with Gasteiger partial charge in [0.15, 0.2) is 0 Å². The first kappa shape index (κ1) is 23.6. The van der Waals surface area contributed by atoms with Gasteiger partial charge in [-0.25, -0.2) is 0 Å². The van der Waals surface area contributed by atoms with E-state index in [9.17, 15) is 13.2 Å². The lowest BCUT2D eigenvalue weighted by molar-refractivity contribution is 0.102. The topological polar surface area (TPSA) is 96.9 Å². The quantitative estimate of drug-likeness (QED) is 0.360. The van der Waals surface area contributed by atoms with Crippen molar-refractivity contribution in [2.24, 2.45) is 5.10 Å². The predicted octanol–water partition coefficient (Wildman–Crippen LogP) is 4.96. The minimum Gasteiger partial charge on any atom is -0.497 e. The Morgan fingerprint density at radius 1 is 0.969 bits per heavy atom. The number of amides is 1. The molecule has 3 aromatic carbocycles. The van der Waals surface area contributed by atoms with Crippen molar-refractivity contribution in [1.82, 2.24) is 4.83 Å². The molecule has 0 radical (unpaired) electrons. The highest BCUT2D eigenvalue weighted by Crippen LogP contribution is 2.25. The van der Waals surface area contributed by atoms with Gasteiger partial charge in [-0.1, -0.05) is 35.3 Å². The SMILES string of the molecule is COc1ccc(C(=O)Nc2cccc(/C(C)=N/NS(=O)(=O)c3cc(Cl)ccc3Cl)c2)cc1. The number of sulfonamides is 1. The molecule has 7 nitrogen and oxygen atoms in total. The lowest BCUT2D eigenvalue weighted by Gasteiger charge is -2.09. The summed E-state index contributed by atoms with van der Waals surface area (Å²) in [5.41, 5.74) is 1.98. The summed E-state index contributed by atoms with van der Waals surface area (Å²) >= 11 is 11.8. The van der Waals surface area contributed by atoms with Crippen molar-refractivity contribution in [3.8, 4) is 5.75 Å². The number of benzene rings is 3. The van der Waals surface area contributed by atoms with Crippen molar-refractivity contribution in [3.63, 3.8) is 0 Å². The van der Waals surface area contributed by atoms with Crippen LogP contribution < -0.4 is 14.9 Å². The van der Waals surface area contributed by atoms with Crippen molar-refractivity contribution < 1.29 is 17.9 Å². The molecule has 2 N–H and O–H groups in total. The second-order valence-electron chi connectivity index (χ2n) is 6.63. The van der Waals surface area contributed by atoms with Gasteiger partial charge in [-0.3, -0.25) is 4.79 Å². The summed E-state index contributed by atoms with van der Waals surface area (Å²) in [6, 6.07) is 17.7. The Labute approximate surface area is 196 Å². The number of hydrogen-bond acceptors (Lipinski definition) is 5. The number of hydrazone groups is 1. The number of carbonyl (C=O) groups is 1. The molecule has 10 heteroatoms. The maximum absolute atomic E-state index is 12.5. The van der Waals surface area contributed by atoms with E-state index in [0.29, 0.717) is 28.3 Å². The van der Waals surface area contributed by atoms with Crippen LogP contribution in [0.3, 0.4) is 0 Å². The lowest BCUT2D eigenvalue weighted by atomic mass is 10.1. The molecule has 0 bridgehead atoms. The molecule has 0 heterocycles. The highest BCUT2D eigenvalue weighted by Gasteiger charge is 2.18. The summed E-state index contributed by atoms with van der Waals surface area (Å²) in [5, 5.41) is 7.02. The minimum absolute atomic E-state index is 0.0259. The summed E-state index contributed by atoms with van der Waals surface area (Å²) in [5.74, 6) is 0.354. The van der Waals surface area contributed by atoms with E-state index in [4.69, 9.17) is 27.9 Å². The largest absolute Gasteiger partial charge is 0.497 e. The van der Waals surface area contributed by atoms with Crippen LogP contribution >= 0.6 is 23.2 Å². The second-order valence-corrected chi connectivity index (χ2v) is 9.10. The fourth-order valence-electron chi connectivity index (χ4n) is 2.69. The molecule has 0 fully saturated rings. The molecule has 0 saturated carbocycles. The van der Waals surface area contributed by atoms with Gasteiger partial charge in [0.05, 0.1) is 17.8 Å². The van der Waals surface area contributed by atoms with Gasteiger partial charge < -0.3 is 10.1 Å². The van der Waals surface area contributed by atoms with Crippen molar-refractivity contribution in [2.45, 2.75) is 11.8 Å². The Balaban J connectivity index is 1.75. The zero-order valence-corrected chi connectivity index (χ0v) is 19.4. The average Bonchev–Trinajstić information content (AvgIpc) is 2.79. The summed E-state index contributed by atoms with van der Waals surface area (Å²) < 4.78 is 30.1. The molecule has 0 aliphatic heterocycles. The zero-order chi connectivity index (χ0) is 23.3. The molecule has 0 aromatic heterocycles. The first-order valence-electron chi connectivity index (χ1n) is 9.26. The molecule has 0 atom stereocenters. The molecular weight excluding hydrogens is 473 g/mol.